The summed E-state index contributed by atoms with van der Waals surface area (Å²) in [4.78, 5) is 48.6. The summed E-state index contributed by atoms with van der Waals surface area (Å²) in [5.74, 6) is -0.494. The number of benzene rings is 2. The van der Waals surface area contributed by atoms with E-state index in [0.29, 0.717) is 11.4 Å². The van der Waals surface area contributed by atoms with Gasteiger partial charge in [-0.3, -0.25) is 19.3 Å². The molecule has 6 N–H and O–H groups in total. The van der Waals surface area contributed by atoms with Crippen molar-refractivity contribution < 1.29 is 14.4 Å². The summed E-state index contributed by atoms with van der Waals surface area (Å²) >= 11 is 0. The van der Waals surface area contributed by atoms with Gasteiger partial charge in [-0.25, -0.2) is 9.98 Å². The lowest BCUT2D eigenvalue weighted by Gasteiger charge is -2.26. The summed E-state index contributed by atoms with van der Waals surface area (Å²) in [5.41, 5.74) is 8.25. The molecule has 4 rings (SSSR count). The van der Waals surface area contributed by atoms with E-state index in [1.807, 2.05) is 70.2 Å². The molecular weight excluding hydrogens is 570 g/mol. The van der Waals surface area contributed by atoms with Gasteiger partial charge >= 0.3 is 0 Å². The molecule has 12 nitrogen and oxygen atoms in total. The van der Waals surface area contributed by atoms with Gasteiger partial charge in [0.15, 0.2) is 6.29 Å². The highest BCUT2D eigenvalue weighted by molar-refractivity contribution is 6.39. The molecule has 1 aliphatic rings. The number of nitrogens with zero attached hydrogens (tertiary/aromatic N) is 4. The fraction of sp³-hybridized carbons (Fsp3) is 0.424. The normalized spacial score (nSPS) is 15.0. The predicted octanol–water partition coefficient (Wildman–Crippen LogP) is 3.10. The van der Waals surface area contributed by atoms with Crippen molar-refractivity contribution in [2.45, 2.75) is 38.8 Å². The van der Waals surface area contributed by atoms with Gasteiger partial charge in [0.2, 0.25) is 11.7 Å². The molecule has 2 amide bonds. The average Bonchev–Trinajstić information content (AvgIpc) is 3.50. The number of fused-ring (bicyclic) bond motifs is 1. The van der Waals surface area contributed by atoms with E-state index in [-0.39, 0.29) is 11.7 Å². The van der Waals surface area contributed by atoms with Crippen LogP contribution in [0.2, 0.25) is 0 Å². The van der Waals surface area contributed by atoms with E-state index >= 15 is 0 Å². The number of likely N-dealkylation sites (N-methyl/N-ethyl adjacent to an activating group) is 4. The van der Waals surface area contributed by atoms with Crippen molar-refractivity contribution in [1.82, 2.24) is 30.7 Å². The first-order valence-electron chi connectivity index (χ1n) is 15.1. The number of carbonyl (C=O) groups is 3. The van der Waals surface area contributed by atoms with E-state index in [9.17, 15) is 14.4 Å². The molecule has 246 valence electrons. The lowest BCUT2D eigenvalue weighted by Crippen LogP contribution is -2.41. The van der Waals surface area contributed by atoms with E-state index in [4.69, 9.17) is 5.73 Å². The van der Waals surface area contributed by atoms with Crippen LogP contribution in [0, 0.1) is 0 Å². The van der Waals surface area contributed by atoms with Crippen molar-refractivity contribution in [3.05, 3.63) is 65.9 Å². The van der Waals surface area contributed by atoms with Crippen molar-refractivity contribution >= 4 is 46.9 Å². The van der Waals surface area contributed by atoms with E-state index in [0.717, 1.165) is 41.7 Å². The predicted molar refractivity (Wildman–Crippen MR) is 185 cm³/mol. The van der Waals surface area contributed by atoms with Gasteiger partial charge in [-0.1, -0.05) is 44.2 Å². The number of aliphatic imine (C=N–C) groups is 2. The Kier molecular flexibility index (Phi) is 18.3. The summed E-state index contributed by atoms with van der Waals surface area (Å²) < 4.78 is 0. The summed E-state index contributed by atoms with van der Waals surface area (Å²) in [7, 11) is 10.6. The molecule has 1 saturated heterocycles. The van der Waals surface area contributed by atoms with Gasteiger partial charge in [0.1, 0.15) is 6.04 Å². The number of para-hydroxylation sites is 1. The number of aromatic amines is 1. The number of amidine groups is 1. The first-order valence-corrected chi connectivity index (χ1v) is 15.1. The number of amides is 2. The molecule has 0 spiro atoms. The van der Waals surface area contributed by atoms with Crippen LogP contribution in [0.4, 0.5) is 5.69 Å². The first kappa shape index (κ1) is 38.6. The standard InChI is InChI=1S/C16H24N6O2.C9H7NO.C6H14N2.C2H6/c1-18-15(23)14(19-10-17)20-12-8-6-11(7-9-12)13(21(2)3)16(24)22(4)5;11-6-8-5-7-3-1-2-4-9(7)10-8;1-7-6-3-2-4-8-5-6;1-2/h6-10,13H,1-5H3,(H,18,23)(H2,17,19,20);1-6,10H;6-8H,2-5H2,1H3;1-2H3/t13-;;;/m0.../s1. The largest absolute Gasteiger partial charge is 0.390 e. The van der Waals surface area contributed by atoms with Crippen LogP contribution in [0.3, 0.4) is 0 Å². The third kappa shape index (κ3) is 13.0. The maximum absolute atomic E-state index is 12.3. The Hall–Kier alpha value is -4.39. The fourth-order valence-corrected chi connectivity index (χ4v) is 4.34. The van der Waals surface area contributed by atoms with Crippen molar-refractivity contribution in [3.63, 3.8) is 0 Å². The monoisotopic (exact) mass is 621 g/mol. The summed E-state index contributed by atoms with van der Waals surface area (Å²) in [6.07, 6.45) is 4.50. The van der Waals surface area contributed by atoms with Gasteiger partial charge in [-0.15, -0.1) is 0 Å². The molecule has 1 unspecified atom stereocenters. The second kappa shape index (κ2) is 21.3. The number of aldehydes is 1. The minimum Gasteiger partial charge on any atom is -0.390 e. The molecule has 1 aromatic heterocycles. The second-order valence-corrected chi connectivity index (χ2v) is 10.2. The molecule has 1 aliphatic heterocycles. The zero-order valence-electron chi connectivity index (χ0n) is 27.9. The maximum Gasteiger partial charge on any atom is 0.288 e. The van der Waals surface area contributed by atoms with Crippen LogP contribution in [-0.4, -0.2) is 106 Å². The highest BCUT2D eigenvalue weighted by atomic mass is 16.2. The smallest absolute Gasteiger partial charge is 0.288 e. The van der Waals surface area contributed by atoms with Crippen LogP contribution in [0.5, 0.6) is 0 Å². The average molecular weight is 622 g/mol. The van der Waals surface area contributed by atoms with E-state index in [2.05, 4.69) is 30.9 Å². The Morgan fingerprint density at radius 1 is 1.04 bits per heavy atom. The molecule has 0 aliphatic carbocycles. The third-order valence-corrected chi connectivity index (χ3v) is 6.64. The number of rotatable bonds is 6. The van der Waals surface area contributed by atoms with Crippen LogP contribution in [0.25, 0.3) is 10.9 Å². The second-order valence-electron chi connectivity index (χ2n) is 10.2. The molecule has 2 aromatic carbocycles. The number of nitrogens with one attached hydrogen (secondary N) is 4. The minimum atomic E-state index is -0.435. The third-order valence-electron chi connectivity index (χ3n) is 6.64. The Bertz CT molecular complexity index is 1330. The molecule has 0 saturated carbocycles. The Morgan fingerprint density at radius 2 is 1.71 bits per heavy atom. The van der Waals surface area contributed by atoms with Gasteiger partial charge in [0, 0.05) is 44.6 Å². The van der Waals surface area contributed by atoms with Crippen LogP contribution in [0.1, 0.15) is 48.8 Å². The number of aromatic nitrogens is 1. The van der Waals surface area contributed by atoms with Crippen molar-refractivity contribution in [2.75, 3.05) is 55.4 Å². The molecule has 2 atom stereocenters. The van der Waals surface area contributed by atoms with Crippen molar-refractivity contribution in [2.24, 2.45) is 15.7 Å². The SMILES string of the molecule is CC.CNC(=O)C(N=CN)=Nc1ccc([C@@H](C(=O)N(C)C)N(C)C)cc1.CNC1CCCNC1.O=Cc1cc2ccccc2[nH]1. The molecule has 45 heavy (non-hydrogen) atoms. The molecule has 1 fully saturated rings. The highest BCUT2D eigenvalue weighted by Gasteiger charge is 2.24. The number of carbonyl (C=O) groups excluding carboxylic acids is 3. The van der Waals surface area contributed by atoms with Crippen LogP contribution in [-0.2, 0) is 9.59 Å². The van der Waals surface area contributed by atoms with Gasteiger partial charge in [0.25, 0.3) is 5.91 Å². The Balaban J connectivity index is 0.000000390. The lowest BCUT2D eigenvalue weighted by atomic mass is 10.0. The van der Waals surface area contributed by atoms with Crippen LogP contribution < -0.4 is 21.7 Å². The maximum atomic E-state index is 12.3. The fourth-order valence-electron chi connectivity index (χ4n) is 4.34. The number of nitrogens with two attached hydrogens (primary N) is 1. The lowest BCUT2D eigenvalue weighted by molar-refractivity contribution is -0.133. The number of piperidine rings is 1. The highest BCUT2D eigenvalue weighted by Crippen LogP contribution is 2.23. The van der Waals surface area contributed by atoms with Gasteiger partial charge in [0.05, 0.1) is 17.7 Å². The number of hydrogen-bond donors (Lipinski definition) is 5. The zero-order valence-corrected chi connectivity index (χ0v) is 27.9. The zero-order chi connectivity index (χ0) is 33.8. The van der Waals surface area contributed by atoms with Crippen molar-refractivity contribution in [1.29, 1.82) is 0 Å². The van der Waals surface area contributed by atoms with Gasteiger partial charge < -0.3 is 31.6 Å². The van der Waals surface area contributed by atoms with Crippen LogP contribution >= 0.6 is 0 Å². The quantitative estimate of drug-likeness (QED) is 0.161. The first-order chi connectivity index (χ1) is 21.6. The van der Waals surface area contributed by atoms with Crippen LogP contribution in [0.15, 0.2) is 64.6 Å². The molecule has 0 bridgehead atoms. The Labute approximate surface area is 267 Å². The Morgan fingerprint density at radius 3 is 2.18 bits per heavy atom. The topological polar surface area (TPSA) is 160 Å². The van der Waals surface area contributed by atoms with E-state index in [1.165, 1.54) is 26.4 Å². The van der Waals surface area contributed by atoms with Gasteiger partial charge in [-0.2, -0.15) is 0 Å². The van der Waals surface area contributed by atoms with E-state index < -0.39 is 11.9 Å². The summed E-state index contributed by atoms with van der Waals surface area (Å²) in [6, 6.07) is 17.0. The summed E-state index contributed by atoms with van der Waals surface area (Å²) in [6.45, 7) is 6.36. The number of H-pyrrole nitrogens is 1. The molecule has 0 radical (unpaired) electrons. The number of hydrogen-bond acceptors (Lipinski definition) is 7. The summed E-state index contributed by atoms with van der Waals surface area (Å²) in [5, 5.41) is 10.1. The minimum absolute atomic E-state index is 0.0185. The molecule has 2 heterocycles. The molecular formula is C33H51N9O3. The molecule has 3 aromatic rings. The van der Waals surface area contributed by atoms with Gasteiger partial charge in [-0.05, 0) is 70.4 Å². The van der Waals surface area contributed by atoms with Crippen molar-refractivity contribution in [3.8, 4) is 0 Å². The molecule has 12 heteroatoms. The van der Waals surface area contributed by atoms with E-state index in [1.54, 1.807) is 43.3 Å².